The molecule has 0 radical (unpaired) electrons. The van der Waals surface area contributed by atoms with Crippen molar-refractivity contribution in [3.05, 3.63) is 35.2 Å². The number of hydrogen-bond acceptors (Lipinski definition) is 8. The van der Waals surface area contributed by atoms with E-state index in [1.807, 2.05) is 25.1 Å². The molecule has 0 aliphatic heterocycles. The molecule has 0 aliphatic carbocycles. The molecule has 2 aromatic rings. The van der Waals surface area contributed by atoms with Gasteiger partial charge in [0.15, 0.2) is 19.0 Å². The zero-order chi connectivity index (χ0) is 17.7. The number of anilines is 2. The first-order chi connectivity index (χ1) is 11.3. The molecule has 1 heterocycles. The minimum absolute atomic E-state index is 0.0227. The van der Waals surface area contributed by atoms with Gasteiger partial charge in [0.2, 0.25) is 11.9 Å². The number of esters is 1. The van der Waals surface area contributed by atoms with Crippen LogP contribution in [0.2, 0.25) is 0 Å². The average molecular weight is 331 g/mol. The first-order valence-corrected chi connectivity index (χ1v) is 7.50. The Hall–Kier alpha value is -2.90. The monoisotopic (exact) mass is 331 g/mol. The van der Waals surface area contributed by atoms with Gasteiger partial charge in [0.25, 0.3) is 0 Å². The van der Waals surface area contributed by atoms with Crippen molar-refractivity contribution in [1.29, 1.82) is 0 Å². The second-order valence-electron chi connectivity index (χ2n) is 5.59. The number of aromatic nitrogens is 3. The van der Waals surface area contributed by atoms with Gasteiger partial charge in [-0.05, 0) is 36.1 Å². The SMILES string of the molecule is Cc1cc(OCC(=O)OCc2nc(N)nc(N)n2)ccc1C(C)C. The summed E-state index contributed by atoms with van der Waals surface area (Å²) in [5, 5.41) is 0. The number of rotatable bonds is 6. The molecule has 0 amide bonds. The van der Waals surface area contributed by atoms with Gasteiger partial charge in [-0.3, -0.25) is 0 Å². The number of ether oxygens (including phenoxy) is 2. The van der Waals surface area contributed by atoms with E-state index in [1.165, 1.54) is 5.56 Å². The Balaban J connectivity index is 1.86. The third kappa shape index (κ3) is 4.80. The molecule has 24 heavy (non-hydrogen) atoms. The van der Waals surface area contributed by atoms with Crippen LogP contribution in [0.5, 0.6) is 5.75 Å². The first kappa shape index (κ1) is 17.5. The predicted molar refractivity (Wildman–Crippen MR) is 89.2 cm³/mol. The zero-order valence-electron chi connectivity index (χ0n) is 13.9. The van der Waals surface area contributed by atoms with Gasteiger partial charge in [0, 0.05) is 0 Å². The number of aryl methyl sites for hydroxylation is 1. The maximum Gasteiger partial charge on any atom is 0.344 e. The lowest BCUT2D eigenvalue weighted by molar-refractivity contribution is -0.147. The number of nitrogens with two attached hydrogens (primary N) is 2. The smallest absolute Gasteiger partial charge is 0.344 e. The topological polar surface area (TPSA) is 126 Å². The van der Waals surface area contributed by atoms with E-state index in [9.17, 15) is 4.79 Å². The van der Waals surface area contributed by atoms with Crippen molar-refractivity contribution in [2.75, 3.05) is 18.1 Å². The van der Waals surface area contributed by atoms with Gasteiger partial charge in [0.1, 0.15) is 5.75 Å². The highest BCUT2D eigenvalue weighted by molar-refractivity contribution is 5.71. The summed E-state index contributed by atoms with van der Waals surface area (Å²) in [5.41, 5.74) is 13.2. The lowest BCUT2D eigenvalue weighted by Crippen LogP contribution is -2.16. The standard InChI is InChI=1S/C16H21N5O3/c1-9(2)12-5-4-11(6-10(12)3)23-8-14(22)24-7-13-19-15(17)21-16(18)20-13/h4-6,9H,7-8H2,1-3H3,(H4,17,18,19,20,21). The molecular formula is C16H21N5O3. The Labute approximate surface area is 140 Å². The van der Waals surface area contributed by atoms with Gasteiger partial charge >= 0.3 is 5.97 Å². The number of nitrogens with zero attached hydrogens (tertiary/aromatic N) is 3. The molecule has 0 aliphatic rings. The van der Waals surface area contributed by atoms with Gasteiger partial charge in [-0.15, -0.1) is 0 Å². The van der Waals surface area contributed by atoms with E-state index in [0.29, 0.717) is 11.7 Å². The van der Waals surface area contributed by atoms with Crippen LogP contribution in [0, 0.1) is 6.92 Å². The second-order valence-corrected chi connectivity index (χ2v) is 5.59. The molecule has 1 aromatic heterocycles. The van der Waals surface area contributed by atoms with E-state index < -0.39 is 5.97 Å². The average Bonchev–Trinajstić information content (AvgIpc) is 2.49. The fourth-order valence-corrected chi connectivity index (χ4v) is 2.24. The van der Waals surface area contributed by atoms with E-state index in [0.717, 1.165) is 5.56 Å². The molecule has 0 spiro atoms. The van der Waals surface area contributed by atoms with E-state index in [4.69, 9.17) is 20.9 Å². The summed E-state index contributed by atoms with van der Waals surface area (Å²) < 4.78 is 10.5. The number of carbonyl (C=O) groups is 1. The van der Waals surface area contributed by atoms with Crippen molar-refractivity contribution in [2.24, 2.45) is 0 Å². The van der Waals surface area contributed by atoms with Crippen molar-refractivity contribution in [2.45, 2.75) is 33.3 Å². The van der Waals surface area contributed by atoms with Crippen LogP contribution in [-0.4, -0.2) is 27.5 Å². The lowest BCUT2D eigenvalue weighted by atomic mass is 9.98. The molecular weight excluding hydrogens is 310 g/mol. The Bertz CT molecular complexity index is 713. The van der Waals surface area contributed by atoms with Gasteiger partial charge in [-0.1, -0.05) is 19.9 Å². The Morgan fingerprint density at radius 2 is 1.83 bits per heavy atom. The summed E-state index contributed by atoms with van der Waals surface area (Å²) in [7, 11) is 0. The molecule has 0 bridgehead atoms. The van der Waals surface area contributed by atoms with E-state index in [-0.39, 0.29) is 30.9 Å². The molecule has 0 saturated carbocycles. The molecule has 1 aromatic carbocycles. The van der Waals surface area contributed by atoms with Crippen molar-refractivity contribution in [3.8, 4) is 5.75 Å². The van der Waals surface area contributed by atoms with E-state index >= 15 is 0 Å². The number of hydrogen-bond donors (Lipinski definition) is 2. The first-order valence-electron chi connectivity index (χ1n) is 7.50. The summed E-state index contributed by atoms with van der Waals surface area (Å²) in [6.07, 6.45) is 0. The quantitative estimate of drug-likeness (QED) is 0.764. The summed E-state index contributed by atoms with van der Waals surface area (Å²) >= 11 is 0. The molecule has 128 valence electrons. The van der Waals surface area contributed by atoms with Gasteiger partial charge in [-0.25, -0.2) is 4.79 Å². The van der Waals surface area contributed by atoms with Crippen LogP contribution >= 0.6 is 0 Å². The highest BCUT2D eigenvalue weighted by Gasteiger charge is 2.09. The van der Waals surface area contributed by atoms with Crippen LogP contribution in [-0.2, 0) is 16.1 Å². The molecule has 0 saturated heterocycles. The molecule has 4 N–H and O–H groups in total. The van der Waals surface area contributed by atoms with Crippen molar-refractivity contribution in [3.63, 3.8) is 0 Å². The largest absolute Gasteiger partial charge is 0.482 e. The summed E-state index contributed by atoms with van der Waals surface area (Å²) in [6, 6.07) is 5.73. The molecule has 2 rings (SSSR count). The molecule has 0 unspecified atom stereocenters. The summed E-state index contributed by atoms with van der Waals surface area (Å²) in [4.78, 5) is 23.0. The van der Waals surface area contributed by atoms with Crippen LogP contribution in [0.15, 0.2) is 18.2 Å². The van der Waals surface area contributed by atoms with Crippen LogP contribution in [0.1, 0.15) is 36.7 Å². The molecule has 8 nitrogen and oxygen atoms in total. The van der Waals surface area contributed by atoms with Gasteiger partial charge in [-0.2, -0.15) is 15.0 Å². The van der Waals surface area contributed by atoms with E-state index in [1.54, 1.807) is 0 Å². The fourth-order valence-electron chi connectivity index (χ4n) is 2.24. The van der Waals surface area contributed by atoms with Gasteiger partial charge < -0.3 is 20.9 Å². The maximum atomic E-state index is 11.7. The van der Waals surface area contributed by atoms with Crippen LogP contribution < -0.4 is 16.2 Å². The molecule has 0 atom stereocenters. The zero-order valence-corrected chi connectivity index (χ0v) is 13.9. The third-order valence-corrected chi connectivity index (χ3v) is 3.30. The van der Waals surface area contributed by atoms with E-state index in [2.05, 4.69) is 28.8 Å². The fraction of sp³-hybridized carbons (Fsp3) is 0.375. The Morgan fingerprint density at radius 1 is 1.17 bits per heavy atom. The highest BCUT2D eigenvalue weighted by Crippen LogP contribution is 2.23. The molecule has 0 fully saturated rings. The highest BCUT2D eigenvalue weighted by atomic mass is 16.6. The Kier molecular flexibility index (Phi) is 5.51. The second kappa shape index (κ2) is 7.58. The molecule has 8 heteroatoms. The summed E-state index contributed by atoms with van der Waals surface area (Å²) in [6.45, 7) is 5.90. The van der Waals surface area contributed by atoms with Crippen molar-refractivity contribution >= 4 is 17.9 Å². The van der Waals surface area contributed by atoms with Crippen molar-refractivity contribution in [1.82, 2.24) is 15.0 Å². The van der Waals surface area contributed by atoms with Gasteiger partial charge in [0.05, 0.1) is 0 Å². The predicted octanol–water partition coefficient (Wildman–Crippen LogP) is 1.59. The Morgan fingerprint density at radius 3 is 2.42 bits per heavy atom. The minimum Gasteiger partial charge on any atom is -0.482 e. The maximum absolute atomic E-state index is 11.7. The number of carbonyl (C=O) groups excluding carboxylic acids is 1. The third-order valence-electron chi connectivity index (χ3n) is 3.30. The normalized spacial score (nSPS) is 10.7. The van der Waals surface area contributed by atoms with Crippen LogP contribution in [0.3, 0.4) is 0 Å². The lowest BCUT2D eigenvalue weighted by Gasteiger charge is -2.12. The van der Waals surface area contributed by atoms with Crippen LogP contribution in [0.25, 0.3) is 0 Å². The van der Waals surface area contributed by atoms with Crippen molar-refractivity contribution < 1.29 is 14.3 Å². The number of benzene rings is 1. The number of nitrogen functional groups attached to an aromatic ring is 2. The summed E-state index contributed by atoms with van der Waals surface area (Å²) in [5.74, 6) is 0.645. The minimum atomic E-state index is -0.543. The van der Waals surface area contributed by atoms with Crippen LogP contribution in [0.4, 0.5) is 11.9 Å².